The van der Waals surface area contributed by atoms with Gasteiger partial charge in [0.05, 0.1) is 6.54 Å². The molecular weight excluding hydrogens is 274 g/mol. The fourth-order valence-corrected chi connectivity index (χ4v) is 2.62. The van der Waals surface area contributed by atoms with E-state index in [0.29, 0.717) is 18.4 Å². The molecule has 4 nitrogen and oxygen atoms in total. The molecular formula is C15H17NO3S. The molecule has 1 aliphatic heterocycles. The van der Waals surface area contributed by atoms with Crippen LogP contribution < -0.4 is 0 Å². The summed E-state index contributed by atoms with van der Waals surface area (Å²) in [6, 6.07) is 7.19. The first-order valence-electron chi connectivity index (χ1n) is 6.51. The highest BCUT2D eigenvalue weighted by Gasteiger charge is 2.31. The van der Waals surface area contributed by atoms with E-state index in [4.69, 9.17) is 0 Å². The van der Waals surface area contributed by atoms with Crippen LogP contribution in [-0.2, 0) is 9.59 Å². The maximum atomic E-state index is 12.1. The van der Waals surface area contributed by atoms with Crippen molar-refractivity contribution in [1.82, 2.24) is 4.90 Å². The molecule has 0 spiro atoms. The molecule has 106 valence electrons. The third kappa shape index (κ3) is 3.28. The summed E-state index contributed by atoms with van der Waals surface area (Å²) in [5.74, 6) is -0.623. The largest absolute Gasteiger partial charge is 0.292 e. The number of thioether (sulfide) groups is 1. The highest BCUT2D eigenvalue weighted by molar-refractivity contribution is 7.98. The highest BCUT2D eigenvalue weighted by Crippen LogP contribution is 2.20. The summed E-state index contributed by atoms with van der Waals surface area (Å²) in [6.07, 6.45) is 2.64. The van der Waals surface area contributed by atoms with Crippen LogP contribution in [0.2, 0.25) is 0 Å². The van der Waals surface area contributed by atoms with Crippen molar-refractivity contribution in [3.8, 4) is 0 Å². The monoisotopic (exact) mass is 291 g/mol. The quantitative estimate of drug-likeness (QED) is 0.485. The Morgan fingerprint density at radius 2 is 1.75 bits per heavy atom. The molecule has 0 bridgehead atoms. The standard InChI is InChI=1S/C15H17NO3S/c1-10-7-14(18)16(15(19)8-10)9-13(17)11-3-5-12(20-2)6-4-11/h3-6,10H,7-9H2,1-2H3. The average molecular weight is 291 g/mol. The van der Waals surface area contributed by atoms with Crippen LogP contribution >= 0.6 is 11.8 Å². The Morgan fingerprint density at radius 3 is 2.25 bits per heavy atom. The highest BCUT2D eigenvalue weighted by atomic mass is 32.2. The van der Waals surface area contributed by atoms with Crippen molar-refractivity contribution in [1.29, 1.82) is 0 Å². The van der Waals surface area contributed by atoms with Crippen molar-refractivity contribution in [2.75, 3.05) is 12.8 Å². The van der Waals surface area contributed by atoms with E-state index in [9.17, 15) is 14.4 Å². The second-order valence-electron chi connectivity index (χ2n) is 5.04. The van der Waals surface area contributed by atoms with Gasteiger partial charge in [-0.1, -0.05) is 19.1 Å². The van der Waals surface area contributed by atoms with Gasteiger partial charge in [-0.25, -0.2) is 0 Å². The summed E-state index contributed by atoms with van der Waals surface area (Å²) in [5.41, 5.74) is 0.530. The first kappa shape index (κ1) is 14.8. The first-order chi connectivity index (χ1) is 9.51. The van der Waals surface area contributed by atoms with Crippen LogP contribution in [0.5, 0.6) is 0 Å². The molecule has 2 amide bonds. The number of benzene rings is 1. The number of hydrogen-bond acceptors (Lipinski definition) is 4. The van der Waals surface area contributed by atoms with Gasteiger partial charge in [-0.3, -0.25) is 19.3 Å². The van der Waals surface area contributed by atoms with Crippen molar-refractivity contribution >= 4 is 29.4 Å². The van der Waals surface area contributed by atoms with Gasteiger partial charge in [-0.05, 0) is 24.3 Å². The second-order valence-corrected chi connectivity index (χ2v) is 5.92. The lowest BCUT2D eigenvalue weighted by molar-refractivity contribution is -0.149. The summed E-state index contributed by atoms with van der Waals surface area (Å²) >= 11 is 1.60. The van der Waals surface area contributed by atoms with Crippen LogP contribution in [0.15, 0.2) is 29.2 Å². The van der Waals surface area contributed by atoms with Crippen molar-refractivity contribution < 1.29 is 14.4 Å². The van der Waals surface area contributed by atoms with Crippen LogP contribution in [0, 0.1) is 5.92 Å². The number of carbonyl (C=O) groups is 3. The van der Waals surface area contributed by atoms with E-state index < -0.39 is 0 Å². The molecule has 1 aliphatic rings. The Kier molecular flexibility index (Phi) is 4.60. The van der Waals surface area contributed by atoms with E-state index in [0.717, 1.165) is 9.80 Å². The van der Waals surface area contributed by atoms with Crippen molar-refractivity contribution in [2.45, 2.75) is 24.7 Å². The number of amides is 2. The zero-order valence-corrected chi connectivity index (χ0v) is 12.4. The van der Waals surface area contributed by atoms with E-state index in [1.54, 1.807) is 23.9 Å². The zero-order valence-electron chi connectivity index (χ0n) is 11.6. The summed E-state index contributed by atoms with van der Waals surface area (Å²) in [5, 5.41) is 0. The predicted octanol–water partition coefficient (Wildman–Crippen LogP) is 2.38. The Labute approximate surface area is 122 Å². The fourth-order valence-electron chi connectivity index (χ4n) is 2.22. The minimum absolute atomic E-state index is 0.0715. The molecule has 0 saturated carbocycles. The Morgan fingerprint density at radius 1 is 1.20 bits per heavy atom. The molecule has 0 N–H and O–H groups in total. The van der Waals surface area contributed by atoms with Gasteiger partial charge in [-0.2, -0.15) is 0 Å². The van der Waals surface area contributed by atoms with Crippen LogP contribution in [0.4, 0.5) is 0 Å². The topological polar surface area (TPSA) is 54.5 Å². The fraction of sp³-hybridized carbons (Fsp3) is 0.400. The molecule has 0 atom stereocenters. The third-order valence-electron chi connectivity index (χ3n) is 3.36. The van der Waals surface area contributed by atoms with Gasteiger partial charge in [-0.15, -0.1) is 11.8 Å². The number of imide groups is 1. The third-order valence-corrected chi connectivity index (χ3v) is 4.11. The van der Waals surface area contributed by atoms with Crippen molar-refractivity contribution in [3.05, 3.63) is 29.8 Å². The summed E-state index contributed by atoms with van der Waals surface area (Å²) in [4.78, 5) is 38.0. The molecule has 5 heteroatoms. The maximum Gasteiger partial charge on any atom is 0.229 e. The molecule has 1 heterocycles. The average Bonchev–Trinajstić information content (AvgIpc) is 2.42. The van der Waals surface area contributed by atoms with Gasteiger partial charge in [0.1, 0.15) is 0 Å². The summed E-state index contributed by atoms with van der Waals surface area (Å²) in [7, 11) is 0. The van der Waals surface area contributed by atoms with Crippen LogP contribution in [0.25, 0.3) is 0 Å². The molecule has 1 saturated heterocycles. The number of ketones is 1. The van der Waals surface area contributed by atoms with E-state index in [1.807, 2.05) is 25.3 Å². The zero-order chi connectivity index (χ0) is 14.7. The Bertz CT molecular complexity index is 521. The molecule has 0 radical (unpaired) electrons. The number of nitrogens with zero attached hydrogens (tertiary/aromatic N) is 1. The number of rotatable bonds is 4. The lowest BCUT2D eigenvalue weighted by atomic mass is 9.97. The minimum Gasteiger partial charge on any atom is -0.292 e. The van der Waals surface area contributed by atoms with Gasteiger partial charge in [0, 0.05) is 23.3 Å². The first-order valence-corrected chi connectivity index (χ1v) is 7.74. The lowest BCUT2D eigenvalue weighted by Crippen LogP contribution is -2.45. The van der Waals surface area contributed by atoms with Gasteiger partial charge in [0.15, 0.2) is 5.78 Å². The van der Waals surface area contributed by atoms with Gasteiger partial charge in [0.25, 0.3) is 0 Å². The molecule has 2 rings (SSSR count). The number of hydrogen-bond donors (Lipinski definition) is 0. The number of piperidine rings is 1. The smallest absolute Gasteiger partial charge is 0.229 e. The predicted molar refractivity (Wildman–Crippen MR) is 77.7 cm³/mol. The molecule has 0 unspecified atom stereocenters. The second kappa shape index (κ2) is 6.22. The molecule has 0 aliphatic carbocycles. The molecule has 1 fully saturated rings. The number of carbonyl (C=O) groups excluding carboxylic acids is 3. The number of Topliss-reactive ketones (excluding diaryl/α,β-unsaturated/α-hetero) is 1. The normalized spacial score (nSPS) is 16.6. The minimum atomic E-state index is -0.247. The SMILES string of the molecule is CSc1ccc(C(=O)CN2C(=O)CC(C)CC2=O)cc1. The van der Waals surface area contributed by atoms with E-state index in [2.05, 4.69) is 0 Å². The summed E-state index contributed by atoms with van der Waals surface area (Å²) in [6.45, 7) is 1.72. The molecule has 0 aromatic heterocycles. The molecule has 1 aromatic rings. The Hall–Kier alpha value is -1.62. The van der Waals surface area contributed by atoms with Crippen LogP contribution in [0.3, 0.4) is 0 Å². The maximum absolute atomic E-state index is 12.1. The van der Waals surface area contributed by atoms with E-state index in [-0.39, 0.29) is 30.1 Å². The van der Waals surface area contributed by atoms with Gasteiger partial charge >= 0.3 is 0 Å². The molecule has 20 heavy (non-hydrogen) atoms. The van der Waals surface area contributed by atoms with Crippen LogP contribution in [-0.4, -0.2) is 35.3 Å². The van der Waals surface area contributed by atoms with Crippen molar-refractivity contribution in [2.24, 2.45) is 5.92 Å². The van der Waals surface area contributed by atoms with Crippen LogP contribution in [0.1, 0.15) is 30.1 Å². The summed E-state index contributed by atoms with van der Waals surface area (Å²) < 4.78 is 0. The van der Waals surface area contributed by atoms with Gasteiger partial charge in [0.2, 0.25) is 11.8 Å². The van der Waals surface area contributed by atoms with E-state index in [1.165, 1.54) is 0 Å². The van der Waals surface area contributed by atoms with Gasteiger partial charge < -0.3 is 0 Å². The Balaban J connectivity index is 2.06. The van der Waals surface area contributed by atoms with Crippen molar-refractivity contribution in [3.63, 3.8) is 0 Å². The van der Waals surface area contributed by atoms with E-state index >= 15 is 0 Å². The number of likely N-dealkylation sites (tertiary alicyclic amines) is 1. The lowest BCUT2D eigenvalue weighted by Gasteiger charge is -2.27. The molecule has 1 aromatic carbocycles.